The molecule has 0 aliphatic heterocycles. The fraction of sp³-hybridized carbons (Fsp3) is 0.400. The van der Waals surface area contributed by atoms with Gasteiger partial charge in [-0.2, -0.15) is 5.10 Å². The molecule has 21 heavy (non-hydrogen) atoms. The molecule has 1 N–H and O–H groups in total. The minimum Gasteiger partial charge on any atom is -0.388 e. The number of aliphatic hydroxyl groups excluding tert-OH is 1. The monoisotopic (exact) mass is 314 g/mol. The molecule has 0 spiro atoms. The molecule has 0 amide bonds. The highest BCUT2D eigenvalue weighted by molar-refractivity contribution is 6.30. The van der Waals surface area contributed by atoms with E-state index in [9.17, 15) is 13.9 Å². The van der Waals surface area contributed by atoms with E-state index in [1.54, 1.807) is 7.05 Å². The molecule has 3 nitrogen and oxygen atoms in total. The molecule has 114 valence electrons. The molecule has 0 saturated carbocycles. The van der Waals surface area contributed by atoms with Gasteiger partial charge in [-0.05, 0) is 23.6 Å². The molecular formula is C15H17ClF2N2O. The quantitative estimate of drug-likeness (QED) is 0.933. The predicted octanol–water partition coefficient (Wildman–Crippen LogP) is 3.75. The van der Waals surface area contributed by atoms with E-state index in [2.05, 4.69) is 5.10 Å². The molecule has 2 rings (SSSR count). The SMILES string of the molecule is CC(C)c1nn(C)c(Cl)c1C(O)Cc1ccc(F)c(F)c1. The van der Waals surface area contributed by atoms with Crippen LogP contribution >= 0.6 is 11.6 Å². The molecule has 1 heterocycles. The second-order valence-corrected chi connectivity index (χ2v) is 5.69. The molecule has 2 aromatic rings. The summed E-state index contributed by atoms with van der Waals surface area (Å²) in [5, 5.41) is 15.1. The number of aliphatic hydroxyl groups is 1. The van der Waals surface area contributed by atoms with Gasteiger partial charge < -0.3 is 5.11 Å². The second-order valence-electron chi connectivity index (χ2n) is 5.34. The predicted molar refractivity (Wildman–Crippen MR) is 77.3 cm³/mol. The summed E-state index contributed by atoms with van der Waals surface area (Å²) < 4.78 is 27.6. The van der Waals surface area contributed by atoms with Gasteiger partial charge in [-0.1, -0.05) is 31.5 Å². The molecule has 0 radical (unpaired) electrons. The largest absolute Gasteiger partial charge is 0.388 e. The fourth-order valence-electron chi connectivity index (χ4n) is 2.27. The van der Waals surface area contributed by atoms with Crippen molar-refractivity contribution >= 4 is 11.6 Å². The maximum absolute atomic E-state index is 13.2. The minimum atomic E-state index is -0.930. The summed E-state index contributed by atoms with van der Waals surface area (Å²) in [6.45, 7) is 3.90. The van der Waals surface area contributed by atoms with Crippen molar-refractivity contribution in [2.75, 3.05) is 0 Å². The van der Waals surface area contributed by atoms with Crippen LogP contribution in [0.5, 0.6) is 0 Å². The summed E-state index contributed by atoms with van der Waals surface area (Å²) >= 11 is 6.18. The minimum absolute atomic E-state index is 0.0957. The second kappa shape index (κ2) is 6.12. The van der Waals surface area contributed by atoms with E-state index in [1.807, 2.05) is 13.8 Å². The third-order valence-corrected chi connectivity index (χ3v) is 3.78. The molecule has 0 saturated heterocycles. The van der Waals surface area contributed by atoms with Gasteiger partial charge >= 0.3 is 0 Å². The smallest absolute Gasteiger partial charge is 0.159 e. The highest BCUT2D eigenvalue weighted by atomic mass is 35.5. The van der Waals surface area contributed by atoms with Crippen LogP contribution in [-0.4, -0.2) is 14.9 Å². The Morgan fingerprint density at radius 1 is 1.29 bits per heavy atom. The maximum Gasteiger partial charge on any atom is 0.159 e. The number of aromatic nitrogens is 2. The number of rotatable bonds is 4. The highest BCUT2D eigenvalue weighted by Gasteiger charge is 2.24. The molecule has 0 bridgehead atoms. The van der Waals surface area contributed by atoms with Crippen LogP contribution in [0.1, 0.15) is 42.7 Å². The first-order valence-corrected chi connectivity index (χ1v) is 7.03. The lowest BCUT2D eigenvalue weighted by Crippen LogP contribution is -2.06. The molecule has 0 fully saturated rings. The van der Waals surface area contributed by atoms with Crippen LogP contribution < -0.4 is 0 Å². The van der Waals surface area contributed by atoms with E-state index in [4.69, 9.17) is 11.6 Å². The Labute approximate surface area is 127 Å². The van der Waals surface area contributed by atoms with E-state index in [0.29, 0.717) is 22.0 Å². The zero-order chi connectivity index (χ0) is 15.7. The Bertz CT molecular complexity index is 655. The Hall–Kier alpha value is -1.46. The van der Waals surface area contributed by atoms with E-state index in [-0.39, 0.29) is 12.3 Å². The van der Waals surface area contributed by atoms with Crippen LogP contribution in [0.2, 0.25) is 5.15 Å². The normalized spacial score (nSPS) is 13.0. The van der Waals surface area contributed by atoms with Gasteiger partial charge in [0.15, 0.2) is 11.6 Å². The number of hydrogen-bond acceptors (Lipinski definition) is 2. The summed E-state index contributed by atoms with van der Waals surface area (Å²) in [5.74, 6) is -1.74. The molecule has 0 aliphatic rings. The summed E-state index contributed by atoms with van der Waals surface area (Å²) in [6.07, 6.45) is -0.782. The average molecular weight is 315 g/mol. The Kier molecular flexibility index (Phi) is 4.64. The topological polar surface area (TPSA) is 38.0 Å². The third-order valence-electron chi connectivity index (χ3n) is 3.33. The number of hydrogen-bond donors (Lipinski definition) is 1. The molecular weight excluding hydrogens is 298 g/mol. The van der Waals surface area contributed by atoms with Crippen molar-refractivity contribution in [1.82, 2.24) is 9.78 Å². The van der Waals surface area contributed by atoms with Crippen molar-refractivity contribution in [1.29, 1.82) is 0 Å². The van der Waals surface area contributed by atoms with Gasteiger partial charge in [0.1, 0.15) is 5.15 Å². The van der Waals surface area contributed by atoms with Gasteiger partial charge in [0.2, 0.25) is 0 Å². The summed E-state index contributed by atoms with van der Waals surface area (Å²) in [5.41, 5.74) is 1.74. The van der Waals surface area contributed by atoms with Gasteiger partial charge in [-0.15, -0.1) is 0 Å². The molecule has 1 aromatic heterocycles. The molecule has 6 heteroatoms. The Morgan fingerprint density at radius 2 is 1.95 bits per heavy atom. The van der Waals surface area contributed by atoms with Gasteiger partial charge in [-0.3, -0.25) is 4.68 Å². The van der Waals surface area contributed by atoms with Crippen LogP contribution in [-0.2, 0) is 13.5 Å². The van der Waals surface area contributed by atoms with E-state index < -0.39 is 17.7 Å². The number of benzene rings is 1. The summed E-state index contributed by atoms with van der Waals surface area (Å²) in [4.78, 5) is 0. The lowest BCUT2D eigenvalue weighted by Gasteiger charge is -2.13. The fourth-order valence-corrected chi connectivity index (χ4v) is 2.53. The van der Waals surface area contributed by atoms with Gasteiger partial charge in [0.25, 0.3) is 0 Å². The van der Waals surface area contributed by atoms with Crippen LogP contribution in [0.3, 0.4) is 0 Å². The van der Waals surface area contributed by atoms with Crippen molar-refractivity contribution in [2.45, 2.75) is 32.3 Å². The van der Waals surface area contributed by atoms with Gasteiger partial charge in [0, 0.05) is 19.0 Å². The lowest BCUT2D eigenvalue weighted by molar-refractivity contribution is 0.177. The van der Waals surface area contributed by atoms with Crippen molar-refractivity contribution < 1.29 is 13.9 Å². The number of aryl methyl sites for hydroxylation is 1. The first kappa shape index (κ1) is 15.9. The average Bonchev–Trinajstić information content (AvgIpc) is 2.70. The van der Waals surface area contributed by atoms with E-state index >= 15 is 0 Å². The lowest BCUT2D eigenvalue weighted by atomic mass is 9.97. The number of halogens is 3. The highest BCUT2D eigenvalue weighted by Crippen LogP contribution is 2.32. The zero-order valence-electron chi connectivity index (χ0n) is 12.1. The van der Waals surface area contributed by atoms with Crippen LogP contribution in [0.25, 0.3) is 0 Å². The van der Waals surface area contributed by atoms with Crippen LogP contribution in [0.15, 0.2) is 18.2 Å². The third kappa shape index (κ3) is 3.24. The molecule has 1 unspecified atom stereocenters. The van der Waals surface area contributed by atoms with Gasteiger partial charge in [0.05, 0.1) is 11.8 Å². The van der Waals surface area contributed by atoms with Crippen LogP contribution in [0.4, 0.5) is 8.78 Å². The van der Waals surface area contributed by atoms with Crippen LogP contribution in [0, 0.1) is 11.6 Å². The molecule has 1 aromatic carbocycles. The van der Waals surface area contributed by atoms with Gasteiger partial charge in [-0.25, -0.2) is 8.78 Å². The number of nitrogens with zero attached hydrogens (tertiary/aromatic N) is 2. The summed E-state index contributed by atoms with van der Waals surface area (Å²) in [7, 11) is 1.70. The van der Waals surface area contributed by atoms with E-state index in [0.717, 1.165) is 12.1 Å². The first-order valence-electron chi connectivity index (χ1n) is 6.65. The Balaban J connectivity index is 2.31. The van der Waals surface area contributed by atoms with Crippen molar-refractivity contribution in [2.24, 2.45) is 7.05 Å². The van der Waals surface area contributed by atoms with Crippen molar-refractivity contribution in [3.05, 3.63) is 51.8 Å². The summed E-state index contributed by atoms with van der Waals surface area (Å²) in [6, 6.07) is 3.57. The molecule has 1 atom stereocenters. The molecule has 0 aliphatic carbocycles. The zero-order valence-corrected chi connectivity index (χ0v) is 12.8. The maximum atomic E-state index is 13.2. The first-order chi connectivity index (χ1) is 9.81. The Morgan fingerprint density at radius 3 is 2.52 bits per heavy atom. The van der Waals surface area contributed by atoms with Crippen molar-refractivity contribution in [3.8, 4) is 0 Å². The standard InChI is InChI=1S/C15H17ClF2N2O/c1-8(2)14-13(15(16)20(3)19-14)12(21)7-9-4-5-10(17)11(18)6-9/h4-6,8,12,21H,7H2,1-3H3. The van der Waals surface area contributed by atoms with Crippen molar-refractivity contribution in [3.63, 3.8) is 0 Å². The van der Waals surface area contributed by atoms with E-state index in [1.165, 1.54) is 10.7 Å².